The maximum Gasteiger partial charge on any atom is 0.226 e. The van der Waals surface area contributed by atoms with Gasteiger partial charge in [0, 0.05) is 5.41 Å². The van der Waals surface area contributed by atoms with Gasteiger partial charge in [0.25, 0.3) is 0 Å². The van der Waals surface area contributed by atoms with Crippen molar-refractivity contribution in [2.45, 2.75) is 24.7 Å². The molecule has 2 heterocycles. The second-order valence-corrected chi connectivity index (χ2v) is 6.17. The van der Waals surface area contributed by atoms with E-state index in [-0.39, 0.29) is 23.6 Å². The summed E-state index contributed by atoms with van der Waals surface area (Å²) in [7, 11) is 0. The van der Waals surface area contributed by atoms with Crippen LogP contribution >= 0.6 is 11.6 Å². The Bertz CT molecular complexity index is 737. The zero-order valence-corrected chi connectivity index (χ0v) is 11.6. The van der Waals surface area contributed by atoms with Gasteiger partial charge in [-0.25, -0.2) is 4.98 Å². The van der Waals surface area contributed by atoms with Crippen LogP contribution in [0.2, 0.25) is 5.28 Å². The fourth-order valence-corrected chi connectivity index (χ4v) is 3.85. The molecular formula is C12H14ClN5O3. The number of hydrogen-bond donors (Lipinski definition) is 4. The number of imidazole rings is 1. The van der Waals surface area contributed by atoms with Crippen molar-refractivity contribution >= 4 is 28.6 Å². The largest absolute Gasteiger partial charge is 0.396 e. The predicted octanol–water partition coefficient (Wildman–Crippen LogP) is -0.663. The number of aliphatic hydroxyl groups excluding tert-OH is 3. The fourth-order valence-electron chi connectivity index (χ4n) is 3.68. The third kappa shape index (κ3) is 1.53. The molecule has 2 saturated carbocycles. The first-order chi connectivity index (χ1) is 9.99. The number of fused-ring (bicyclic) bond motifs is 2. The molecule has 2 aliphatic rings. The van der Waals surface area contributed by atoms with E-state index in [0.29, 0.717) is 17.6 Å². The van der Waals surface area contributed by atoms with Gasteiger partial charge in [-0.15, -0.1) is 0 Å². The van der Waals surface area contributed by atoms with Crippen LogP contribution in [-0.4, -0.2) is 53.7 Å². The van der Waals surface area contributed by atoms with Crippen molar-refractivity contribution in [1.29, 1.82) is 0 Å². The van der Waals surface area contributed by atoms with E-state index >= 15 is 0 Å². The Hall–Kier alpha value is -1.48. The Kier molecular flexibility index (Phi) is 2.54. The summed E-state index contributed by atoms with van der Waals surface area (Å²) in [5, 5.41) is 30.0. The van der Waals surface area contributed by atoms with E-state index in [4.69, 9.17) is 17.3 Å². The van der Waals surface area contributed by atoms with Gasteiger partial charge in [0.1, 0.15) is 11.6 Å². The molecular weight excluding hydrogens is 298 g/mol. The number of nitrogen functional groups attached to an aromatic ring is 1. The summed E-state index contributed by atoms with van der Waals surface area (Å²) in [5.41, 5.74) is 5.97. The standard InChI is InChI=1S/C12H14ClN5O3/c13-11-16-9(14)5-10(17-11)18(3-15-5)6-4-1-12(4,2-19)8(21)7(6)20/h3-4,6-8,19-21H,1-2H2,(H2,14,16,17)/t4-,6-,7-,8?,12+/m1/s1. The van der Waals surface area contributed by atoms with E-state index in [1.165, 1.54) is 6.33 Å². The molecule has 0 aliphatic heterocycles. The van der Waals surface area contributed by atoms with Crippen LogP contribution in [0.15, 0.2) is 6.33 Å². The van der Waals surface area contributed by atoms with E-state index in [1.54, 1.807) is 4.57 Å². The number of halogens is 1. The number of hydrogen-bond acceptors (Lipinski definition) is 7. The maximum atomic E-state index is 10.3. The number of anilines is 1. The van der Waals surface area contributed by atoms with E-state index in [2.05, 4.69) is 15.0 Å². The molecule has 8 nitrogen and oxygen atoms in total. The van der Waals surface area contributed by atoms with E-state index in [0.717, 1.165) is 0 Å². The lowest BCUT2D eigenvalue weighted by molar-refractivity contribution is -0.0300. The second-order valence-electron chi connectivity index (χ2n) is 5.83. The molecule has 2 aliphatic carbocycles. The molecule has 9 heteroatoms. The van der Waals surface area contributed by atoms with Crippen LogP contribution in [0.5, 0.6) is 0 Å². The van der Waals surface area contributed by atoms with E-state index < -0.39 is 23.7 Å². The van der Waals surface area contributed by atoms with Gasteiger partial charge in [0.15, 0.2) is 11.5 Å². The monoisotopic (exact) mass is 311 g/mol. The minimum absolute atomic E-state index is 0.000923. The Balaban J connectivity index is 1.85. The third-order valence-corrected chi connectivity index (χ3v) is 5.06. The lowest BCUT2D eigenvalue weighted by Crippen LogP contribution is -2.35. The highest BCUT2D eigenvalue weighted by molar-refractivity contribution is 6.28. The van der Waals surface area contributed by atoms with Crippen LogP contribution in [0.3, 0.4) is 0 Å². The number of nitrogens with two attached hydrogens (primary N) is 1. The molecule has 5 atom stereocenters. The molecule has 2 fully saturated rings. The molecule has 0 bridgehead atoms. The average molecular weight is 312 g/mol. The van der Waals surface area contributed by atoms with Gasteiger partial charge in [0.2, 0.25) is 5.28 Å². The van der Waals surface area contributed by atoms with Crippen molar-refractivity contribution < 1.29 is 15.3 Å². The third-order valence-electron chi connectivity index (χ3n) is 4.89. The van der Waals surface area contributed by atoms with Crippen LogP contribution in [0.25, 0.3) is 11.2 Å². The van der Waals surface area contributed by atoms with Crippen LogP contribution in [0, 0.1) is 11.3 Å². The van der Waals surface area contributed by atoms with E-state index in [1.807, 2.05) is 0 Å². The van der Waals surface area contributed by atoms with Crippen molar-refractivity contribution in [3.8, 4) is 0 Å². The quantitative estimate of drug-likeness (QED) is 0.541. The van der Waals surface area contributed by atoms with Crippen molar-refractivity contribution in [3.63, 3.8) is 0 Å². The van der Waals surface area contributed by atoms with Gasteiger partial charge in [-0.1, -0.05) is 0 Å². The summed E-state index contributed by atoms with van der Waals surface area (Å²) in [6.07, 6.45) is 0.201. The summed E-state index contributed by atoms with van der Waals surface area (Å²) >= 11 is 5.83. The van der Waals surface area contributed by atoms with Gasteiger partial charge in [0.05, 0.1) is 25.1 Å². The molecule has 112 valence electrons. The first-order valence-electron chi connectivity index (χ1n) is 6.62. The molecule has 1 unspecified atom stereocenters. The molecule has 0 amide bonds. The SMILES string of the molecule is Nc1nc(Cl)nc2c1ncn2[C@@H]1[C@H]2C[C@@]2(CO)C(O)[C@@H]1O. The second kappa shape index (κ2) is 4.04. The van der Waals surface area contributed by atoms with Crippen LogP contribution in [0.1, 0.15) is 12.5 Å². The summed E-state index contributed by atoms with van der Waals surface area (Å²) in [6.45, 7) is -0.156. The summed E-state index contributed by atoms with van der Waals surface area (Å²) in [5.74, 6) is 0.140. The van der Waals surface area contributed by atoms with Gasteiger partial charge < -0.3 is 25.6 Å². The van der Waals surface area contributed by atoms with Gasteiger partial charge in [-0.2, -0.15) is 9.97 Å². The van der Waals surface area contributed by atoms with Crippen LogP contribution in [0.4, 0.5) is 5.82 Å². The molecule has 0 spiro atoms. The first kappa shape index (κ1) is 13.2. The molecule has 5 N–H and O–H groups in total. The maximum absolute atomic E-state index is 10.3. The zero-order valence-electron chi connectivity index (χ0n) is 10.9. The average Bonchev–Trinajstić information content (AvgIpc) is 2.97. The predicted molar refractivity (Wildman–Crippen MR) is 73.4 cm³/mol. The lowest BCUT2D eigenvalue weighted by Gasteiger charge is -2.23. The van der Waals surface area contributed by atoms with Crippen molar-refractivity contribution in [3.05, 3.63) is 11.6 Å². The summed E-state index contributed by atoms with van der Waals surface area (Å²) < 4.78 is 1.67. The van der Waals surface area contributed by atoms with Crippen molar-refractivity contribution in [2.75, 3.05) is 12.3 Å². The Labute approximate surface area is 124 Å². The van der Waals surface area contributed by atoms with E-state index in [9.17, 15) is 15.3 Å². The molecule has 0 saturated heterocycles. The van der Waals surface area contributed by atoms with Crippen LogP contribution in [-0.2, 0) is 0 Å². The number of aromatic nitrogens is 4. The highest BCUT2D eigenvalue weighted by atomic mass is 35.5. The van der Waals surface area contributed by atoms with Crippen LogP contribution < -0.4 is 5.73 Å². The fraction of sp³-hybridized carbons (Fsp3) is 0.583. The Morgan fingerprint density at radius 3 is 2.86 bits per heavy atom. The Morgan fingerprint density at radius 1 is 1.43 bits per heavy atom. The normalized spacial score (nSPS) is 37.9. The van der Waals surface area contributed by atoms with Gasteiger partial charge in [-0.05, 0) is 23.9 Å². The Morgan fingerprint density at radius 2 is 2.19 bits per heavy atom. The molecule has 4 rings (SSSR count). The van der Waals surface area contributed by atoms with Gasteiger partial charge in [-0.3, -0.25) is 0 Å². The lowest BCUT2D eigenvalue weighted by atomic mass is 10.0. The zero-order chi connectivity index (χ0) is 14.9. The topological polar surface area (TPSA) is 130 Å². The smallest absolute Gasteiger partial charge is 0.226 e. The molecule has 0 radical (unpaired) electrons. The molecule has 2 aromatic rings. The number of rotatable bonds is 2. The molecule has 21 heavy (non-hydrogen) atoms. The minimum atomic E-state index is -0.997. The molecule has 2 aromatic heterocycles. The summed E-state index contributed by atoms with van der Waals surface area (Å²) in [4.78, 5) is 12.1. The number of aliphatic hydroxyl groups is 3. The molecule has 0 aromatic carbocycles. The highest BCUT2D eigenvalue weighted by Gasteiger charge is 2.71. The highest BCUT2D eigenvalue weighted by Crippen LogP contribution is 2.67. The van der Waals surface area contributed by atoms with Gasteiger partial charge >= 0.3 is 0 Å². The first-order valence-corrected chi connectivity index (χ1v) is 7.00. The summed E-state index contributed by atoms with van der Waals surface area (Å²) in [6, 6.07) is -0.414. The number of nitrogens with zero attached hydrogens (tertiary/aromatic N) is 4. The van der Waals surface area contributed by atoms with Crippen molar-refractivity contribution in [1.82, 2.24) is 19.5 Å². The minimum Gasteiger partial charge on any atom is -0.396 e. The van der Waals surface area contributed by atoms with Crippen molar-refractivity contribution in [2.24, 2.45) is 11.3 Å².